The lowest BCUT2D eigenvalue weighted by atomic mass is 9.87. The van der Waals surface area contributed by atoms with Gasteiger partial charge in [-0.25, -0.2) is 0 Å². The SMILES string of the molecule is CCCCCCCCCCCCCC(CC(CC)OC(=O)CC(O)C(C)(C)C)OC(=O)CC(O)C(C)(C)C. The Labute approximate surface area is 234 Å². The molecule has 4 unspecified atom stereocenters. The van der Waals surface area contributed by atoms with E-state index in [4.69, 9.17) is 9.47 Å². The highest BCUT2D eigenvalue weighted by molar-refractivity contribution is 5.71. The van der Waals surface area contributed by atoms with Gasteiger partial charge in [0.05, 0.1) is 25.0 Å². The summed E-state index contributed by atoms with van der Waals surface area (Å²) in [5.74, 6) is -0.841. The van der Waals surface area contributed by atoms with E-state index in [0.717, 1.165) is 12.8 Å². The molecule has 0 aromatic rings. The van der Waals surface area contributed by atoms with Gasteiger partial charge in [0, 0.05) is 6.42 Å². The van der Waals surface area contributed by atoms with Crippen LogP contribution in [0.2, 0.25) is 0 Å². The molecule has 0 aliphatic heterocycles. The fourth-order valence-electron chi connectivity index (χ4n) is 4.25. The first-order valence-corrected chi connectivity index (χ1v) is 15.5. The minimum Gasteiger partial charge on any atom is -0.462 e. The van der Waals surface area contributed by atoms with E-state index >= 15 is 0 Å². The van der Waals surface area contributed by atoms with E-state index in [0.29, 0.717) is 19.3 Å². The van der Waals surface area contributed by atoms with Crippen molar-refractivity contribution in [3.8, 4) is 0 Å². The lowest BCUT2D eigenvalue weighted by Gasteiger charge is -2.28. The Balaban J connectivity index is 4.78. The number of aliphatic hydroxyl groups is 2. The quantitative estimate of drug-likeness (QED) is 0.113. The zero-order valence-electron chi connectivity index (χ0n) is 26.2. The molecule has 0 amide bonds. The molecule has 226 valence electrons. The van der Waals surface area contributed by atoms with Gasteiger partial charge in [-0.3, -0.25) is 9.59 Å². The van der Waals surface area contributed by atoms with Crippen molar-refractivity contribution in [1.82, 2.24) is 0 Å². The zero-order valence-corrected chi connectivity index (χ0v) is 26.2. The maximum absolute atomic E-state index is 12.6. The molecule has 0 aliphatic rings. The number of hydrogen-bond donors (Lipinski definition) is 2. The molecular formula is C32H62O6. The predicted octanol–water partition coefficient (Wildman–Crippen LogP) is 7.91. The van der Waals surface area contributed by atoms with E-state index in [9.17, 15) is 19.8 Å². The van der Waals surface area contributed by atoms with Gasteiger partial charge in [0.15, 0.2) is 0 Å². The molecule has 0 radical (unpaired) electrons. The molecule has 6 heteroatoms. The number of rotatable bonds is 21. The summed E-state index contributed by atoms with van der Waals surface area (Å²) in [6.07, 6.45) is 13.1. The molecular weight excluding hydrogens is 480 g/mol. The van der Waals surface area contributed by atoms with Crippen molar-refractivity contribution in [2.45, 2.75) is 183 Å². The van der Waals surface area contributed by atoms with Crippen LogP contribution < -0.4 is 0 Å². The summed E-state index contributed by atoms with van der Waals surface area (Å²) in [4.78, 5) is 25.1. The second-order valence-corrected chi connectivity index (χ2v) is 13.4. The third kappa shape index (κ3) is 19.0. The van der Waals surface area contributed by atoms with Gasteiger partial charge in [0.1, 0.15) is 12.2 Å². The Morgan fingerprint density at radius 1 is 0.605 bits per heavy atom. The van der Waals surface area contributed by atoms with Gasteiger partial charge in [-0.2, -0.15) is 0 Å². The standard InChI is InChI=1S/C32H62O6/c1-9-11-12-13-14-15-16-17-18-19-20-21-26(38-30(36)24-28(34)32(6,7)8)22-25(10-2)37-29(35)23-27(33)31(3,4)5/h25-28,33-34H,9-24H2,1-8H3. The third-order valence-corrected chi connectivity index (χ3v) is 7.43. The monoisotopic (exact) mass is 542 g/mol. The van der Waals surface area contributed by atoms with Crippen molar-refractivity contribution in [2.24, 2.45) is 10.8 Å². The van der Waals surface area contributed by atoms with Crippen LogP contribution in [-0.4, -0.2) is 46.6 Å². The molecule has 0 aliphatic carbocycles. The minimum absolute atomic E-state index is 0.0490. The summed E-state index contributed by atoms with van der Waals surface area (Å²) < 4.78 is 11.5. The first-order chi connectivity index (χ1) is 17.7. The molecule has 0 aromatic carbocycles. The van der Waals surface area contributed by atoms with Crippen molar-refractivity contribution < 1.29 is 29.3 Å². The number of ether oxygens (including phenoxy) is 2. The molecule has 0 bridgehead atoms. The minimum atomic E-state index is -0.781. The molecule has 0 saturated carbocycles. The summed E-state index contributed by atoms with van der Waals surface area (Å²) in [5.41, 5.74) is -0.804. The van der Waals surface area contributed by atoms with Gasteiger partial charge in [0.2, 0.25) is 0 Å². The molecule has 0 saturated heterocycles. The summed E-state index contributed by atoms with van der Waals surface area (Å²) in [6, 6.07) is 0. The average molecular weight is 543 g/mol. The predicted molar refractivity (Wildman–Crippen MR) is 156 cm³/mol. The van der Waals surface area contributed by atoms with E-state index in [-0.39, 0.29) is 25.0 Å². The van der Waals surface area contributed by atoms with Gasteiger partial charge in [0.25, 0.3) is 0 Å². The second kappa shape index (κ2) is 19.8. The lowest BCUT2D eigenvalue weighted by molar-refractivity contribution is -0.159. The maximum atomic E-state index is 12.6. The first-order valence-electron chi connectivity index (χ1n) is 15.5. The highest BCUT2D eigenvalue weighted by Crippen LogP contribution is 2.25. The summed E-state index contributed by atoms with van der Waals surface area (Å²) in [5, 5.41) is 20.6. The van der Waals surface area contributed by atoms with Crippen LogP contribution in [0.4, 0.5) is 0 Å². The van der Waals surface area contributed by atoms with E-state index in [2.05, 4.69) is 6.92 Å². The van der Waals surface area contributed by atoms with Crippen molar-refractivity contribution >= 4 is 11.9 Å². The van der Waals surface area contributed by atoms with Crippen LogP contribution in [0.1, 0.15) is 158 Å². The second-order valence-electron chi connectivity index (χ2n) is 13.4. The summed E-state index contributed by atoms with van der Waals surface area (Å²) in [6.45, 7) is 15.5. The highest BCUT2D eigenvalue weighted by Gasteiger charge is 2.29. The van der Waals surface area contributed by atoms with Gasteiger partial charge in [-0.05, 0) is 30.1 Å². The van der Waals surface area contributed by atoms with Crippen molar-refractivity contribution in [3.05, 3.63) is 0 Å². The van der Waals surface area contributed by atoms with E-state index in [1.54, 1.807) is 0 Å². The van der Waals surface area contributed by atoms with Crippen LogP contribution in [0.15, 0.2) is 0 Å². The molecule has 4 atom stereocenters. The number of carbonyl (C=O) groups excluding carboxylic acids is 2. The van der Waals surface area contributed by atoms with Gasteiger partial charge >= 0.3 is 11.9 Å². The fraction of sp³-hybridized carbons (Fsp3) is 0.938. The van der Waals surface area contributed by atoms with Crippen LogP contribution in [0, 0.1) is 10.8 Å². The average Bonchev–Trinajstić information content (AvgIpc) is 2.80. The summed E-state index contributed by atoms with van der Waals surface area (Å²) in [7, 11) is 0. The van der Waals surface area contributed by atoms with Gasteiger partial charge in [-0.15, -0.1) is 0 Å². The normalized spacial score (nSPS) is 15.5. The van der Waals surface area contributed by atoms with Crippen LogP contribution in [-0.2, 0) is 19.1 Å². The Morgan fingerprint density at radius 3 is 1.34 bits per heavy atom. The van der Waals surface area contributed by atoms with Crippen LogP contribution in [0.3, 0.4) is 0 Å². The number of aliphatic hydroxyl groups excluding tert-OH is 2. The van der Waals surface area contributed by atoms with Crippen molar-refractivity contribution in [3.63, 3.8) is 0 Å². The highest BCUT2D eigenvalue weighted by atomic mass is 16.6. The largest absolute Gasteiger partial charge is 0.462 e. The zero-order chi connectivity index (χ0) is 29.2. The van der Waals surface area contributed by atoms with Crippen molar-refractivity contribution in [1.29, 1.82) is 0 Å². The number of hydrogen-bond acceptors (Lipinski definition) is 6. The number of unbranched alkanes of at least 4 members (excludes halogenated alkanes) is 10. The Hall–Kier alpha value is -1.14. The van der Waals surface area contributed by atoms with Gasteiger partial charge < -0.3 is 19.7 Å². The molecule has 0 rings (SSSR count). The summed E-state index contributed by atoms with van der Waals surface area (Å²) >= 11 is 0. The van der Waals surface area contributed by atoms with E-state index in [1.807, 2.05) is 48.5 Å². The molecule has 0 aromatic heterocycles. The molecule has 6 nitrogen and oxygen atoms in total. The number of carbonyl (C=O) groups is 2. The van der Waals surface area contributed by atoms with E-state index in [1.165, 1.54) is 57.8 Å². The van der Waals surface area contributed by atoms with Crippen LogP contribution >= 0.6 is 0 Å². The van der Waals surface area contributed by atoms with Gasteiger partial charge in [-0.1, -0.05) is 120 Å². The Kier molecular flexibility index (Phi) is 19.3. The smallest absolute Gasteiger partial charge is 0.308 e. The van der Waals surface area contributed by atoms with E-state index < -0.39 is 35.0 Å². The lowest BCUT2D eigenvalue weighted by Crippen LogP contribution is -2.33. The molecule has 38 heavy (non-hydrogen) atoms. The van der Waals surface area contributed by atoms with Crippen LogP contribution in [0.25, 0.3) is 0 Å². The Morgan fingerprint density at radius 2 is 0.974 bits per heavy atom. The topological polar surface area (TPSA) is 93.1 Å². The maximum Gasteiger partial charge on any atom is 0.308 e. The van der Waals surface area contributed by atoms with Crippen LogP contribution in [0.5, 0.6) is 0 Å². The molecule has 0 fully saturated rings. The molecule has 0 heterocycles. The van der Waals surface area contributed by atoms with Crippen molar-refractivity contribution in [2.75, 3.05) is 0 Å². The third-order valence-electron chi connectivity index (χ3n) is 7.43. The Bertz CT molecular complexity index is 618. The fourth-order valence-corrected chi connectivity index (χ4v) is 4.25. The molecule has 2 N–H and O–H groups in total. The molecule has 0 spiro atoms. The number of esters is 2. The first kappa shape index (κ1) is 36.9.